The van der Waals surface area contributed by atoms with Gasteiger partial charge in [0.2, 0.25) is 0 Å². The molecule has 1 unspecified atom stereocenters. The highest BCUT2D eigenvalue weighted by Gasteiger charge is 2.08. The maximum atomic E-state index is 10.0. The summed E-state index contributed by atoms with van der Waals surface area (Å²) < 4.78 is 2.02. The molecule has 2 nitrogen and oxygen atoms in total. The van der Waals surface area contributed by atoms with Gasteiger partial charge in [0.1, 0.15) is 0 Å². The second-order valence-corrected chi connectivity index (χ2v) is 6.90. The zero-order chi connectivity index (χ0) is 13.7. The van der Waals surface area contributed by atoms with E-state index in [1.807, 2.05) is 36.4 Å². The summed E-state index contributed by atoms with van der Waals surface area (Å²) in [4.78, 5) is 5.41. The molecule has 2 aromatic rings. The molecule has 0 aliphatic heterocycles. The van der Waals surface area contributed by atoms with Crippen LogP contribution in [0.2, 0.25) is 0 Å². The zero-order valence-corrected chi connectivity index (χ0v) is 14.1. The molecule has 19 heavy (non-hydrogen) atoms. The molecule has 5 heteroatoms. The van der Waals surface area contributed by atoms with Crippen LogP contribution in [0.4, 0.5) is 0 Å². The molecule has 0 saturated carbocycles. The Labute approximate surface area is 133 Å². The van der Waals surface area contributed by atoms with Crippen molar-refractivity contribution in [3.8, 4) is 0 Å². The molecule has 1 aromatic carbocycles. The van der Waals surface area contributed by atoms with E-state index in [0.29, 0.717) is 12.2 Å². The number of halogens is 2. The van der Waals surface area contributed by atoms with Gasteiger partial charge in [0.25, 0.3) is 0 Å². The third kappa shape index (κ3) is 4.91. The van der Waals surface area contributed by atoms with Crippen LogP contribution >= 0.6 is 43.6 Å². The monoisotopic (exact) mass is 401 g/mol. The molecule has 0 spiro atoms. The second kappa shape index (κ2) is 7.43. The molecule has 0 aliphatic rings. The maximum absolute atomic E-state index is 10.0. The van der Waals surface area contributed by atoms with Crippen molar-refractivity contribution < 1.29 is 5.11 Å². The van der Waals surface area contributed by atoms with E-state index in [2.05, 4.69) is 36.8 Å². The first-order valence-corrected chi connectivity index (χ1v) is 8.38. The number of aromatic nitrogens is 1. The lowest BCUT2D eigenvalue weighted by atomic mass is 10.2. The normalized spacial score (nSPS) is 12.4. The number of benzene rings is 1. The maximum Gasteiger partial charge on any atom is 0.0689 e. The molecule has 0 amide bonds. The summed E-state index contributed by atoms with van der Waals surface area (Å²) in [5.74, 6) is 0.653. The van der Waals surface area contributed by atoms with E-state index in [-0.39, 0.29) is 0 Å². The fraction of sp³-hybridized carbons (Fsp3) is 0.214. The van der Waals surface area contributed by atoms with Gasteiger partial charge in [0.05, 0.1) is 6.10 Å². The van der Waals surface area contributed by atoms with Gasteiger partial charge in [-0.05, 0) is 56.1 Å². The van der Waals surface area contributed by atoms with Crippen LogP contribution < -0.4 is 0 Å². The van der Waals surface area contributed by atoms with Crippen LogP contribution in [-0.4, -0.2) is 21.9 Å². The van der Waals surface area contributed by atoms with E-state index in [1.165, 1.54) is 0 Å². The highest BCUT2D eigenvalue weighted by molar-refractivity contribution is 9.10. The highest BCUT2D eigenvalue weighted by Crippen LogP contribution is 2.27. The smallest absolute Gasteiger partial charge is 0.0689 e. The van der Waals surface area contributed by atoms with Crippen molar-refractivity contribution in [1.82, 2.24) is 4.98 Å². The molecule has 1 N–H and O–H groups in total. The standard InChI is InChI=1S/C14H13Br2NOS/c15-10-5-6-11(17-8-10)7-12(18)9-19-14-4-2-1-3-13(14)16/h1-6,8,12,18H,7,9H2. The fourth-order valence-corrected chi connectivity index (χ4v) is 3.31. The topological polar surface area (TPSA) is 33.1 Å². The van der Waals surface area contributed by atoms with E-state index in [4.69, 9.17) is 0 Å². The predicted molar refractivity (Wildman–Crippen MR) is 86.5 cm³/mol. The average molecular weight is 403 g/mol. The Morgan fingerprint density at radius 3 is 2.63 bits per heavy atom. The summed E-state index contributed by atoms with van der Waals surface area (Å²) in [5, 5.41) is 10.0. The summed E-state index contributed by atoms with van der Waals surface area (Å²) in [7, 11) is 0. The van der Waals surface area contributed by atoms with Gasteiger partial charge in [-0.1, -0.05) is 12.1 Å². The van der Waals surface area contributed by atoms with E-state index < -0.39 is 6.10 Å². The SMILES string of the molecule is OC(CSc1ccccc1Br)Cc1ccc(Br)cn1. The quantitative estimate of drug-likeness (QED) is 0.756. The Morgan fingerprint density at radius 2 is 1.95 bits per heavy atom. The zero-order valence-electron chi connectivity index (χ0n) is 10.1. The third-order valence-corrected chi connectivity index (χ3v) is 5.14. The molecule has 100 valence electrons. The minimum atomic E-state index is -0.397. The molecule has 2 rings (SSSR count). The summed E-state index contributed by atoms with van der Waals surface area (Å²) >= 11 is 8.49. The third-order valence-electron chi connectivity index (χ3n) is 2.50. The highest BCUT2D eigenvalue weighted by atomic mass is 79.9. The van der Waals surface area contributed by atoms with Crippen LogP contribution in [-0.2, 0) is 6.42 Å². The molecule has 1 aromatic heterocycles. The molecular weight excluding hydrogens is 390 g/mol. The predicted octanol–water partition coefficient (Wildman–Crippen LogP) is 4.30. The van der Waals surface area contributed by atoms with E-state index >= 15 is 0 Å². The van der Waals surface area contributed by atoms with Crippen LogP contribution in [0.25, 0.3) is 0 Å². The summed E-state index contributed by atoms with van der Waals surface area (Å²) in [6.07, 6.45) is 1.93. The van der Waals surface area contributed by atoms with Crippen LogP contribution in [0, 0.1) is 0 Å². The molecule has 0 aliphatic carbocycles. The number of hydrogen-bond donors (Lipinski definition) is 1. The average Bonchev–Trinajstić information content (AvgIpc) is 2.40. The van der Waals surface area contributed by atoms with E-state index in [1.54, 1.807) is 18.0 Å². The lowest BCUT2D eigenvalue weighted by molar-refractivity contribution is 0.199. The summed E-state index contributed by atoms with van der Waals surface area (Å²) in [6, 6.07) is 11.9. The summed E-state index contributed by atoms with van der Waals surface area (Å²) in [6.45, 7) is 0. The Hall–Kier alpha value is -0.360. The molecular formula is C14H13Br2NOS. The molecule has 0 fully saturated rings. The van der Waals surface area contributed by atoms with Gasteiger partial charge >= 0.3 is 0 Å². The largest absolute Gasteiger partial charge is 0.392 e. The number of aliphatic hydroxyl groups excluding tert-OH is 1. The number of aliphatic hydroxyl groups is 1. The Bertz CT molecular complexity index is 533. The van der Waals surface area contributed by atoms with Crippen molar-refractivity contribution in [3.63, 3.8) is 0 Å². The first-order valence-electron chi connectivity index (χ1n) is 5.81. The van der Waals surface area contributed by atoms with Crippen molar-refractivity contribution in [3.05, 3.63) is 57.2 Å². The van der Waals surface area contributed by atoms with Crippen LogP contribution in [0.15, 0.2) is 56.4 Å². The minimum absolute atomic E-state index is 0.397. The Balaban J connectivity index is 1.86. The summed E-state index contributed by atoms with van der Waals surface area (Å²) in [5.41, 5.74) is 0.906. The lowest BCUT2D eigenvalue weighted by Crippen LogP contribution is -2.14. The van der Waals surface area contributed by atoms with Gasteiger partial charge < -0.3 is 5.11 Å². The Kier molecular flexibility index (Phi) is 5.88. The second-order valence-electron chi connectivity index (χ2n) is 4.07. The van der Waals surface area contributed by atoms with Gasteiger partial charge in [-0.25, -0.2) is 0 Å². The van der Waals surface area contributed by atoms with Gasteiger partial charge in [0.15, 0.2) is 0 Å². The molecule has 1 atom stereocenters. The van der Waals surface area contributed by atoms with Gasteiger partial charge in [-0.2, -0.15) is 0 Å². The van der Waals surface area contributed by atoms with Gasteiger partial charge in [0, 0.05) is 37.9 Å². The minimum Gasteiger partial charge on any atom is -0.392 e. The van der Waals surface area contributed by atoms with E-state index in [9.17, 15) is 5.11 Å². The van der Waals surface area contributed by atoms with Crippen LogP contribution in [0.1, 0.15) is 5.69 Å². The number of rotatable bonds is 5. The number of thioether (sulfide) groups is 1. The van der Waals surface area contributed by atoms with Crippen molar-refractivity contribution in [2.24, 2.45) is 0 Å². The van der Waals surface area contributed by atoms with Crippen LogP contribution in [0.5, 0.6) is 0 Å². The molecule has 1 heterocycles. The molecule has 0 bridgehead atoms. The lowest BCUT2D eigenvalue weighted by Gasteiger charge is -2.10. The van der Waals surface area contributed by atoms with Crippen LogP contribution in [0.3, 0.4) is 0 Å². The van der Waals surface area contributed by atoms with Crippen molar-refractivity contribution >= 4 is 43.6 Å². The molecule has 0 saturated heterocycles. The van der Waals surface area contributed by atoms with Crippen molar-refractivity contribution in [1.29, 1.82) is 0 Å². The Morgan fingerprint density at radius 1 is 1.16 bits per heavy atom. The first-order chi connectivity index (χ1) is 9.15. The fourth-order valence-electron chi connectivity index (χ4n) is 1.58. The molecule has 0 radical (unpaired) electrons. The number of pyridine rings is 1. The number of hydrogen-bond acceptors (Lipinski definition) is 3. The van der Waals surface area contributed by atoms with Crippen molar-refractivity contribution in [2.75, 3.05) is 5.75 Å². The van der Waals surface area contributed by atoms with E-state index in [0.717, 1.165) is 19.5 Å². The first kappa shape index (κ1) is 15.0. The van der Waals surface area contributed by atoms with Crippen molar-refractivity contribution in [2.45, 2.75) is 17.4 Å². The van der Waals surface area contributed by atoms with Gasteiger partial charge in [-0.3, -0.25) is 4.98 Å². The van der Waals surface area contributed by atoms with Gasteiger partial charge in [-0.15, -0.1) is 11.8 Å². The number of nitrogens with zero attached hydrogens (tertiary/aromatic N) is 1.